The summed E-state index contributed by atoms with van der Waals surface area (Å²) in [5, 5.41) is 3.35. The van der Waals surface area contributed by atoms with E-state index in [1.54, 1.807) is 45.0 Å². The Morgan fingerprint density at radius 3 is 2.47 bits per heavy atom. The van der Waals surface area contributed by atoms with Crippen LogP contribution in [-0.4, -0.2) is 36.0 Å². The number of carbonyl (C=O) groups is 3. The summed E-state index contributed by atoms with van der Waals surface area (Å²) in [5.41, 5.74) is 0.245. The van der Waals surface area contributed by atoms with Gasteiger partial charge >= 0.3 is 6.09 Å². The molecular formula is C24H26N2O4. The van der Waals surface area contributed by atoms with E-state index in [0.29, 0.717) is 24.2 Å². The minimum Gasteiger partial charge on any atom is -0.443 e. The van der Waals surface area contributed by atoms with Gasteiger partial charge in [-0.05, 0) is 45.4 Å². The number of hydrogen-bond donors (Lipinski definition) is 1. The predicted octanol–water partition coefficient (Wildman–Crippen LogP) is 3.84. The van der Waals surface area contributed by atoms with Gasteiger partial charge in [-0.25, -0.2) is 9.69 Å². The van der Waals surface area contributed by atoms with Gasteiger partial charge in [-0.15, -0.1) is 0 Å². The summed E-state index contributed by atoms with van der Waals surface area (Å²) in [7, 11) is 0. The summed E-state index contributed by atoms with van der Waals surface area (Å²) in [6.45, 7) is 5.90. The highest BCUT2D eigenvalue weighted by atomic mass is 16.6. The number of nitrogens with one attached hydrogen (secondary N) is 1. The molecule has 0 aliphatic carbocycles. The lowest BCUT2D eigenvalue weighted by Gasteiger charge is -2.30. The zero-order chi connectivity index (χ0) is 21.5. The third-order valence-electron chi connectivity index (χ3n) is 5.78. The molecule has 2 atom stereocenters. The highest BCUT2D eigenvalue weighted by Gasteiger charge is 2.59. The Morgan fingerprint density at radius 2 is 1.77 bits per heavy atom. The van der Waals surface area contributed by atoms with E-state index >= 15 is 0 Å². The minimum absolute atomic E-state index is 0.0321. The van der Waals surface area contributed by atoms with Crippen LogP contribution in [0.3, 0.4) is 0 Å². The highest BCUT2D eigenvalue weighted by Crippen LogP contribution is 2.49. The Hall–Kier alpha value is -2.99. The van der Waals surface area contributed by atoms with E-state index in [1.165, 1.54) is 0 Å². The molecule has 30 heavy (non-hydrogen) atoms. The first-order valence-electron chi connectivity index (χ1n) is 10.2. The van der Waals surface area contributed by atoms with E-state index in [0.717, 1.165) is 10.5 Å². The fraction of sp³-hybridized carbons (Fsp3) is 0.375. The Kier molecular flexibility index (Phi) is 4.98. The topological polar surface area (TPSA) is 75.7 Å². The number of ketones is 1. The predicted molar refractivity (Wildman–Crippen MR) is 114 cm³/mol. The van der Waals surface area contributed by atoms with Gasteiger partial charge in [0.05, 0.1) is 11.1 Å². The molecule has 2 aromatic rings. The van der Waals surface area contributed by atoms with Crippen molar-refractivity contribution in [3.63, 3.8) is 0 Å². The molecule has 1 N–H and O–H groups in total. The van der Waals surface area contributed by atoms with Gasteiger partial charge in [0.15, 0.2) is 5.78 Å². The summed E-state index contributed by atoms with van der Waals surface area (Å²) in [6.07, 6.45) is 0.0121. The maximum Gasteiger partial charge on any atom is 0.421 e. The van der Waals surface area contributed by atoms with Gasteiger partial charge in [0.2, 0.25) is 5.91 Å². The Balaban J connectivity index is 1.71. The molecule has 0 radical (unpaired) electrons. The number of benzene rings is 2. The van der Waals surface area contributed by atoms with Gasteiger partial charge in [-0.1, -0.05) is 48.5 Å². The van der Waals surface area contributed by atoms with Crippen LogP contribution >= 0.6 is 0 Å². The second-order valence-electron chi connectivity index (χ2n) is 8.86. The second-order valence-corrected chi connectivity index (χ2v) is 8.86. The zero-order valence-corrected chi connectivity index (χ0v) is 17.5. The molecule has 0 saturated carbocycles. The van der Waals surface area contributed by atoms with E-state index in [-0.39, 0.29) is 18.1 Å². The molecular weight excluding hydrogens is 380 g/mol. The summed E-state index contributed by atoms with van der Waals surface area (Å²) < 4.78 is 5.52. The number of rotatable bonds is 3. The number of imide groups is 1. The van der Waals surface area contributed by atoms with Crippen LogP contribution in [0.2, 0.25) is 0 Å². The number of Topliss-reactive ketones (excluding diaryl/α,β-unsaturated/α-hetero) is 1. The van der Waals surface area contributed by atoms with Crippen molar-refractivity contribution in [1.82, 2.24) is 5.32 Å². The van der Waals surface area contributed by atoms with Crippen LogP contribution in [0.5, 0.6) is 0 Å². The van der Waals surface area contributed by atoms with Gasteiger partial charge in [0.25, 0.3) is 0 Å². The van der Waals surface area contributed by atoms with Crippen LogP contribution in [0.4, 0.5) is 10.5 Å². The van der Waals surface area contributed by atoms with Gasteiger partial charge < -0.3 is 10.1 Å². The van der Waals surface area contributed by atoms with Crippen LogP contribution in [0.1, 0.15) is 49.5 Å². The van der Waals surface area contributed by atoms with E-state index in [1.807, 2.05) is 30.3 Å². The van der Waals surface area contributed by atoms with Gasteiger partial charge in [-0.2, -0.15) is 0 Å². The fourth-order valence-electron chi connectivity index (χ4n) is 4.50. The smallest absolute Gasteiger partial charge is 0.421 e. The highest BCUT2D eigenvalue weighted by molar-refractivity contribution is 6.22. The lowest BCUT2D eigenvalue weighted by atomic mass is 9.73. The number of amides is 2. The molecule has 2 unspecified atom stereocenters. The van der Waals surface area contributed by atoms with Crippen molar-refractivity contribution in [2.24, 2.45) is 0 Å². The molecule has 6 heteroatoms. The van der Waals surface area contributed by atoms with Crippen molar-refractivity contribution in [3.8, 4) is 0 Å². The SMILES string of the molecule is CC(C)(C)OC(=O)N1C(=O)C2(CCNC2CC(=O)c2ccccc2)c2ccccc21. The zero-order valence-electron chi connectivity index (χ0n) is 17.5. The first-order chi connectivity index (χ1) is 14.2. The van der Waals surface area contributed by atoms with Gasteiger partial charge in [0, 0.05) is 18.0 Å². The second kappa shape index (κ2) is 7.36. The minimum atomic E-state index is -0.960. The summed E-state index contributed by atoms with van der Waals surface area (Å²) in [4.78, 5) is 40.7. The van der Waals surface area contributed by atoms with E-state index < -0.39 is 23.2 Å². The summed E-state index contributed by atoms with van der Waals surface area (Å²) in [5.74, 6) is -0.357. The molecule has 0 aromatic heterocycles. The van der Waals surface area contributed by atoms with Gasteiger partial charge in [-0.3, -0.25) is 9.59 Å². The Bertz CT molecular complexity index is 996. The lowest BCUT2D eigenvalue weighted by Crippen LogP contribution is -2.51. The van der Waals surface area contributed by atoms with Crippen LogP contribution < -0.4 is 10.2 Å². The van der Waals surface area contributed by atoms with Gasteiger partial charge in [0.1, 0.15) is 5.60 Å². The van der Waals surface area contributed by atoms with Crippen molar-refractivity contribution in [2.45, 2.75) is 50.7 Å². The molecule has 2 amide bonds. The number of hydrogen-bond acceptors (Lipinski definition) is 5. The van der Waals surface area contributed by atoms with Crippen LogP contribution in [0.25, 0.3) is 0 Å². The van der Waals surface area contributed by atoms with Crippen molar-refractivity contribution >= 4 is 23.5 Å². The molecule has 156 valence electrons. The maximum absolute atomic E-state index is 13.7. The molecule has 1 fully saturated rings. The molecule has 0 bridgehead atoms. The molecule has 1 saturated heterocycles. The van der Waals surface area contributed by atoms with Crippen LogP contribution in [-0.2, 0) is 14.9 Å². The standard InChI is InChI=1S/C24H26N2O4/c1-23(2,3)30-22(29)26-18-12-8-7-11-17(18)24(21(26)28)13-14-25-20(24)15-19(27)16-9-5-4-6-10-16/h4-12,20,25H,13-15H2,1-3H3. The number of anilines is 1. The van der Waals surface area contributed by atoms with Crippen molar-refractivity contribution in [1.29, 1.82) is 0 Å². The van der Waals surface area contributed by atoms with E-state index in [9.17, 15) is 14.4 Å². The number of para-hydroxylation sites is 1. The molecule has 2 aliphatic rings. The molecule has 1 spiro atoms. The number of ether oxygens (including phenoxy) is 1. The summed E-state index contributed by atoms with van der Waals surface area (Å²) >= 11 is 0. The largest absolute Gasteiger partial charge is 0.443 e. The summed E-state index contributed by atoms with van der Waals surface area (Å²) in [6, 6.07) is 16.0. The molecule has 6 nitrogen and oxygen atoms in total. The van der Waals surface area contributed by atoms with Crippen molar-refractivity contribution in [3.05, 3.63) is 65.7 Å². The number of fused-ring (bicyclic) bond motifs is 2. The molecule has 4 rings (SSSR count). The number of carbonyl (C=O) groups excluding carboxylic acids is 3. The lowest BCUT2D eigenvalue weighted by molar-refractivity contribution is -0.123. The van der Waals surface area contributed by atoms with Crippen molar-refractivity contribution < 1.29 is 19.1 Å². The Labute approximate surface area is 176 Å². The normalized spacial score (nSPS) is 23.0. The number of nitrogens with zero attached hydrogens (tertiary/aromatic N) is 1. The first kappa shape index (κ1) is 20.3. The average Bonchev–Trinajstić information content (AvgIpc) is 3.22. The third kappa shape index (κ3) is 3.31. The van der Waals surface area contributed by atoms with E-state index in [4.69, 9.17) is 4.74 Å². The van der Waals surface area contributed by atoms with E-state index in [2.05, 4.69) is 5.32 Å². The molecule has 2 aliphatic heterocycles. The average molecular weight is 406 g/mol. The molecule has 2 aromatic carbocycles. The van der Waals surface area contributed by atoms with Crippen LogP contribution in [0.15, 0.2) is 54.6 Å². The molecule has 2 heterocycles. The fourth-order valence-corrected chi connectivity index (χ4v) is 4.50. The van der Waals surface area contributed by atoms with Crippen molar-refractivity contribution in [2.75, 3.05) is 11.4 Å². The third-order valence-corrected chi connectivity index (χ3v) is 5.78. The monoisotopic (exact) mass is 406 g/mol. The quantitative estimate of drug-likeness (QED) is 0.784. The maximum atomic E-state index is 13.7. The Morgan fingerprint density at radius 1 is 1.10 bits per heavy atom. The van der Waals surface area contributed by atoms with Crippen LogP contribution in [0, 0.1) is 0 Å². The first-order valence-corrected chi connectivity index (χ1v) is 10.2.